The van der Waals surface area contributed by atoms with Gasteiger partial charge >= 0.3 is 0 Å². The molecule has 0 aliphatic carbocycles. The molecule has 0 unspecified atom stereocenters. The summed E-state index contributed by atoms with van der Waals surface area (Å²) < 4.78 is 11.8. The molecule has 160 valence electrons. The molecule has 0 aliphatic heterocycles. The number of rotatable bonds is 7. The highest BCUT2D eigenvalue weighted by atomic mass is 16.3. The van der Waals surface area contributed by atoms with E-state index in [1.807, 2.05) is 0 Å². The van der Waals surface area contributed by atoms with E-state index in [1.165, 1.54) is 81.6 Å². The molecule has 0 fully saturated rings. The van der Waals surface area contributed by atoms with Crippen LogP contribution in [0.2, 0.25) is 0 Å². The van der Waals surface area contributed by atoms with Gasteiger partial charge in [0.15, 0.2) is 0 Å². The minimum Gasteiger partial charge on any atom is -0.464 e. The molecule has 0 aliphatic rings. The topological polar surface area (TPSA) is 26.3 Å². The highest BCUT2D eigenvalue weighted by molar-refractivity contribution is 6.24. The maximum absolute atomic E-state index is 6.22. The predicted octanol–water partition coefficient (Wildman–Crippen LogP) is 9.54. The van der Waals surface area contributed by atoms with Gasteiger partial charge in [-0.1, -0.05) is 75.4 Å². The Hall–Kier alpha value is -3.26. The Kier molecular flexibility index (Phi) is 4.87. The molecule has 0 radical (unpaired) electrons. The monoisotopic (exact) mass is 420 g/mol. The fraction of sp³-hybridized carbons (Fsp3) is 0.267. The molecule has 2 heteroatoms. The van der Waals surface area contributed by atoms with Crippen molar-refractivity contribution in [3.05, 3.63) is 72.7 Å². The van der Waals surface area contributed by atoms with Gasteiger partial charge in [-0.25, -0.2) is 0 Å². The fourth-order valence-corrected chi connectivity index (χ4v) is 5.27. The Morgan fingerprint density at radius 3 is 1.81 bits per heavy atom. The first-order valence-corrected chi connectivity index (χ1v) is 12.0. The molecule has 0 spiro atoms. The molecule has 2 nitrogen and oxygen atoms in total. The van der Waals surface area contributed by atoms with Gasteiger partial charge in [-0.15, -0.1) is 0 Å². The highest BCUT2D eigenvalue weighted by Gasteiger charge is 2.12. The lowest BCUT2D eigenvalue weighted by molar-refractivity contribution is 0.521. The quantitative estimate of drug-likeness (QED) is 0.190. The Morgan fingerprint density at radius 2 is 1.09 bits per heavy atom. The molecule has 0 amide bonds. The fourth-order valence-electron chi connectivity index (χ4n) is 5.27. The lowest BCUT2D eigenvalue weighted by Crippen LogP contribution is -1.83. The molecule has 6 aromatic rings. The molecule has 32 heavy (non-hydrogen) atoms. The average Bonchev–Trinajstić information content (AvgIpc) is 3.47. The van der Waals surface area contributed by atoms with Crippen LogP contribution in [-0.4, -0.2) is 0 Å². The van der Waals surface area contributed by atoms with E-state index in [4.69, 9.17) is 8.83 Å². The number of benzene rings is 4. The van der Waals surface area contributed by atoms with Crippen LogP contribution in [0.1, 0.15) is 51.2 Å². The van der Waals surface area contributed by atoms with Crippen LogP contribution in [0.15, 0.2) is 75.8 Å². The van der Waals surface area contributed by atoms with Gasteiger partial charge in [0.25, 0.3) is 0 Å². The zero-order valence-corrected chi connectivity index (χ0v) is 18.6. The molecular weight excluding hydrogens is 392 g/mol. The van der Waals surface area contributed by atoms with Crippen LogP contribution in [0.4, 0.5) is 0 Å². The summed E-state index contributed by atoms with van der Waals surface area (Å²) in [6, 6.07) is 22.0. The first-order valence-electron chi connectivity index (χ1n) is 12.0. The summed E-state index contributed by atoms with van der Waals surface area (Å²) in [5.41, 5.74) is 1.94. The Labute approximate surface area is 187 Å². The summed E-state index contributed by atoms with van der Waals surface area (Å²) in [4.78, 5) is 0. The van der Waals surface area contributed by atoms with Crippen molar-refractivity contribution in [2.45, 2.75) is 51.9 Å². The van der Waals surface area contributed by atoms with E-state index in [1.54, 1.807) is 6.26 Å². The van der Waals surface area contributed by atoms with Crippen LogP contribution < -0.4 is 0 Å². The number of unbranched alkanes of at least 4 members (excludes halogenated alkanes) is 5. The first-order chi connectivity index (χ1) is 15.8. The van der Waals surface area contributed by atoms with Crippen LogP contribution >= 0.6 is 0 Å². The smallest absolute Gasteiger partial charge is 0.134 e. The molecule has 0 N–H and O–H groups in total. The third-order valence-electron chi connectivity index (χ3n) is 6.95. The largest absolute Gasteiger partial charge is 0.464 e. The van der Waals surface area contributed by atoms with Crippen molar-refractivity contribution in [2.24, 2.45) is 0 Å². The Morgan fingerprint density at radius 1 is 0.531 bits per heavy atom. The molecule has 2 heterocycles. The van der Waals surface area contributed by atoms with Gasteiger partial charge in [-0.2, -0.15) is 0 Å². The van der Waals surface area contributed by atoms with Gasteiger partial charge in [0.2, 0.25) is 0 Å². The summed E-state index contributed by atoms with van der Waals surface area (Å²) in [7, 11) is 0. The predicted molar refractivity (Wildman–Crippen MR) is 136 cm³/mol. The van der Waals surface area contributed by atoms with E-state index in [2.05, 4.69) is 67.6 Å². The zero-order valence-electron chi connectivity index (χ0n) is 18.6. The summed E-state index contributed by atoms with van der Waals surface area (Å²) in [5, 5.41) is 10.1. The van der Waals surface area contributed by atoms with Crippen molar-refractivity contribution < 1.29 is 8.83 Å². The number of aryl methyl sites for hydroxylation is 1. The second-order valence-electron chi connectivity index (χ2n) is 9.02. The number of hydrogen-bond donors (Lipinski definition) is 0. The molecule has 2 aromatic heterocycles. The van der Waals surface area contributed by atoms with E-state index in [9.17, 15) is 0 Å². The minimum atomic E-state index is 0.940. The lowest BCUT2D eigenvalue weighted by atomic mass is 9.95. The van der Waals surface area contributed by atoms with E-state index < -0.39 is 0 Å². The van der Waals surface area contributed by atoms with Gasteiger partial charge < -0.3 is 8.83 Å². The van der Waals surface area contributed by atoms with Crippen LogP contribution in [0.5, 0.6) is 0 Å². The second-order valence-corrected chi connectivity index (χ2v) is 9.02. The summed E-state index contributed by atoms with van der Waals surface area (Å²) in [6.07, 6.45) is 10.6. The minimum absolute atomic E-state index is 0.940. The van der Waals surface area contributed by atoms with Crippen molar-refractivity contribution in [3.8, 4) is 0 Å². The number of fused-ring (bicyclic) bond motifs is 9. The molecule has 0 saturated heterocycles. The van der Waals surface area contributed by atoms with Crippen LogP contribution in [0.3, 0.4) is 0 Å². The van der Waals surface area contributed by atoms with Crippen LogP contribution in [0.25, 0.3) is 54.3 Å². The van der Waals surface area contributed by atoms with E-state index >= 15 is 0 Å². The second kappa shape index (κ2) is 8.02. The van der Waals surface area contributed by atoms with E-state index in [0.717, 1.165) is 23.3 Å². The van der Waals surface area contributed by atoms with E-state index in [0.29, 0.717) is 0 Å². The van der Waals surface area contributed by atoms with Crippen LogP contribution in [0, 0.1) is 0 Å². The van der Waals surface area contributed by atoms with Crippen molar-refractivity contribution in [1.82, 2.24) is 0 Å². The van der Waals surface area contributed by atoms with Crippen molar-refractivity contribution in [3.63, 3.8) is 0 Å². The van der Waals surface area contributed by atoms with Gasteiger partial charge in [0, 0.05) is 17.2 Å². The maximum atomic E-state index is 6.22. The third kappa shape index (κ3) is 3.17. The summed E-state index contributed by atoms with van der Waals surface area (Å²) >= 11 is 0. The van der Waals surface area contributed by atoms with Gasteiger partial charge in [0.1, 0.15) is 16.9 Å². The molecule has 0 bridgehead atoms. The lowest BCUT2D eigenvalue weighted by Gasteiger charge is -2.08. The van der Waals surface area contributed by atoms with Gasteiger partial charge in [-0.05, 0) is 63.0 Å². The van der Waals surface area contributed by atoms with Gasteiger partial charge in [0.05, 0.1) is 6.26 Å². The molecule has 4 aromatic carbocycles. The van der Waals surface area contributed by atoms with Crippen molar-refractivity contribution >= 4 is 54.3 Å². The summed E-state index contributed by atoms with van der Waals surface area (Å²) in [5.74, 6) is 1.11. The number of furan rings is 2. The molecule has 6 rings (SSSR count). The summed E-state index contributed by atoms with van der Waals surface area (Å²) in [6.45, 7) is 2.27. The average molecular weight is 421 g/mol. The third-order valence-corrected chi connectivity index (χ3v) is 6.95. The molecule has 0 saturated carbocycles. The molecule has 0 atom stereocenters. The molecular formula is C30H28O2. The normalized spacial score (nSPS) is 12.2. The van der Waals surface area contributed by atoms with Gasteiger partial charge in [-0.3, -0.25) is 0 Å². The maximum Gasteiger partial charge on any atom is 0.134 e. The van der Waals surface area contributed by atoms with E-state index in [-0.39, 0.29) is 0 Å². The first kappa shape index (κ1) is 19.4. The standard InChI is InChI=1S/C30H28O2/c1-2-3-4-5-6-7-8-20-19-28-26-12-10-21-22(24(26)14-16-30(28)32-20)9-11-25-23(21)13-15-29-27(25)17-18-31-29/h9-19H,2-8H2,1H3. The van der Waals surface area contributed by atoms with Crippen LogP contribution in [-0.2, 0) is 6.42 Å². The zero-order chi connectivity index (χ0) is 21.5. The SMILES string of the molecule is CCCCCCCCc1cc2c(ccc3c2ccc2c4ccc5occc5c4ccc32)o1. The Balaban J connectivity index is 1.40. The number of hydrogen-bond acceptors (Lipinski definition) is 2. The van der Waals surface area contributed by atoms with Crippen molar-refractivity contribution in [1.29, 1.82) is 0 Å². The highest BCUT2D eigenvalue weighted by Crippen LogP contribution is 2.37. The van der Waals surface area contributed by atoms with Crippen molar-refractivity contribution in [2.75, 3.05) is 0 Å². The Bertz CT molecular complexity index is 1560.